The van der Waals surface area contributed by atoms with Gasteiger partial charge in [0.25, 0.3) is 5.91 Å². The van der Waals surface area contributed by atoms with E-state index in [9.17, 15) is 4.79 Å². The van der Waals surface area contributed by atoms with E-state index in [1.165, 1.54) is 12.4 Å². The molecule has 0 aliphatic carbocycles. The van der Waals surface area contributed by atoms with Gasteiger partial charge in [0.05, 0.1) is 5.56 Å². The number of amides is 1. The fourth-order valence-electron chi connectivity index (χ4n) is 2.09. The molecule has 7 nitrogen and oxygen atoms in total. The Morgan fingerprint density at radius 2 is 2.00 bits per heavy atom. The molecule has 120 valence electrons. The number of rotatable bonds is 6. The predicted octanol–water partition coefficient (Wildman–Crippen LogP) is 2.48. The standard InChI is InChI=1S/C16H18N4O3/c1-2-3-6-17-15(21)11-8-18-16(19-9-11)20-12-4-5-13-14(7-12)23-10-22-13/h4-5,7-9H,2-3,6,10H2,1H3,(H,17,21)(H,18,19,20). The van der Waals surface area contributed by atoms with Crippen LogP contribution in [0.15, 0.2) is 30.6 Å². The summed E-state index contributed by atoms with van der Waals surface area (Å²) in [5.41, 5.74) is 1.23. The van der Waals surface area contributed by atoms with E-state index in [1.54, 1.807) is 0 Å². The van der Waals surface area contributed by atoms with Crippen LogP contribution in [-0.2, 0) is 0 Å². The summed E-state index contributed by atoms with van der Waals surface area (Å²) in [6.07, 6.45) is 5.00. The van der Waals surface area contributed by atoms with Gasteiger partial charge in [-0.3, -0.25) is 4.79 Å². The van der Waals surface area contributed by atoms with Crippen molar-refractivity contribution in [2.24, 2.45) is 0 Å². The zero-order valence-corrected chi connectivity index (χ0v) is 12.8. The van der Waals surface area contributed by atoms with Gasteiger partial charge in [0.2, 0.25) is 12.7 Å². The predicted molar refractivity (Wildman–Crippen MR) is 85.1 cm³/mol. The van der Waals surface area contributed by atoms with E-state index in [-0.39, 0.29) is 12.7 Å². The van der Waals surface area contributed by atoms with Crippen molar-refractivity contribution in [3.05, 3.63) is 36.2 Å². The molecule has 1 aliphatic heterocycles. The maximum absolute atomic E-state index is 11.9. The molecule has 7 heteroatoms. The van der Waals surface area contributed by atoms with Gasteiger partial charge in [0.15, 0.2) is 11.5 Å². The highest BCUT2D eigenvalue weighted by Gasteiger charge is 2.13. The van der Waals surface area contributed by atoms with Gasteiger partial charge in [-0.15, -0.1) is 0 Å². The Morgan fingerprint density at radius 1 is 1.22 bits per heavy atom. The number of benzene rings is 1. The molecular weight excluding hydrogens is 296 g/mol. The Hall–Kier alpha value is -2.83. The van der Waals surface area contributed by atoms with Crippen LogP contribution in [0.3, 0.4) is 0 Å². The van der Waals surface area contributed by atoms with Gasteiger partial charge < -0.3 is 20.1 Å². The number of ether oxygens (including phenoxy) is 2. The molecule has 2 heterocycles. The van der Waals surface area contributed by atoms with Gasteiger partial charge in [-0.25, -0.2) is 9.97 Å². The van der Waals surface area contributed by atoms with E-state index in [0.717, 1.165) is 24.3 Å². The molecule has 0 unspecified atom stereocenters. The Kier molecular flexibility index (Phi) is 4.56. The SMILES string of the molecule is CCCCNC(=O)c1cnc(Nc2ccc3c(c2)OCO3)nc1. The van der Waals surface area contributed by atoms with Crippen molar-refractivity contribution in [1.29, 1.82) is 0 Å². The molecule has 1 aromatic carbocycles. The van der Waals surface area contributed by atoms with Crippen molar-refractivity contribution >= 4 is 17.5 Å². The van der Waals surface area contributed by atoms with Crippen LogP contribution in [-0.4, -0.2) is 29.2 Å². The molecule has 0 bridgehead atoms. The number of fused-ring (bicyclic) bond motifs is 1. The highest BCUT2D eigenvalue weighted by molar-refractivity contribution is 5.93. The van der Waals surface area contributed by atoms with Crippen molar-refractivity contribution in [2.75, 3.05) is 18.7 Å². The van der Waals surface area contributed by atoms with Crippen molar-refractivity contribution in [3.63, 3.8) is 0 Å². The first-order chi connectivity index (χ1) is 11.3. The lowest BCUT2D eigenvalue weighted by Crippen LogP contribution is -2.24. The van der Waals surface area contributed by atoms with Gasteiger partial charge in [0, 0.05) is 30.7 Å². The van der Waals surface area contributed by atoms with Crippen LogP contribution in [0.4, 0.5) is 11.6 Å². The Bertz CT molecular complexity index is 688. The molecule has 0 fully saturated rings. The summed E-state index contributed by atoms with van der Waals surface area (Å²) in [6.45, 7) is 2.97. The summed E-state index contributed by atoms with van der Waals surface area (Å²) >= 11 is 0. The second kappa shape index (κ2) is 6.95. The van der Waals surface area contributed by atoms with Crippen LogP contribution >= 0.6 is 0 Å². The molecule has 0 saturated heterocycles. The fourth-order valence-corrected chi connectivity index (χ4v) is 2.09. The van der Waals surface area contributed by atoms with E-state index in [2.05, 4.69) is 27.5 Å². The smallest absolute Gasteiger partial charge is 0.254 e. The molecule has 3 rings (SSSR count). The molecule has 0 radical (unpaired) electrons. The monoisotopic (exact) mass is 314 g/mol. The van der Waals surface area contributed by atoms with E-state index in [0.29, 0.717) is 23.8 Å². The molecule has 1 aromatic heterocycles. The maximum atomic E-state index is 11.9. The average molecular weight is 314 g/mol. The summed E-state index contributed by atoms with van der Waals surface area (Å²) in [7, 11) is 0. The molecular formula is C16H18N4O3. The molecule has 2 N–H and O–H groups in total. The van der Waals surface area contributed by atoms with Crippen LogP contribution in [0.2, 0.25) is 0 Å². The van der Waals surface area contributed by atoms with Crippen molar-refractivity contribution in [1.82, 2.24) is 15.3 Å². The third-order valence-electron chi connectivity index (χ3n) is 3.36. The second-order valence-corrected chi connectivity index (χ2v) is 5.10. The zero-order valence-electron chi connectivity index (χ0n) is 12.8. The first-order valence-corrected chi connectivity index (χ1v) is 7.53. The summed E-state index contributed by atoms with van der Waals surface area (Å²) in [6, 6.07) is 5.49. The number of carbonyl (C=O) groups is 1. The van der Waals surface area contributed by atoms with Crippen LogP contribution in [0.25, 0.3) is 0 Å². The van der Waals surface area contributed by atoms with Gasteiger partial charge in [0.1, 0.15) is 0 Å². The molecule has 1 amide bonds. The molecule has 0 saturated carbocycles. The van der Waals surface area contributed by atoms with Crippen LogP contribution in [0, 0.1) is 0 Å². The minimum atomic E-state index is -0.159. The maximum Gasteiger partial charge on any atom is 0.254 e. The summed E-state index contributed by atoms with van der Waals surface area (Å²) < 4.78 is 10.6. The molecule has 0 atom stereocenters. The highest BCUT2D eigenvalue weighted by Crippen LogP contribution is 2.34. The number of carbonyl (C=O) groups excluding carboxylic acids is 1. The zero-order chi connectivity index (χ0) is 16.1. The Morgan fingerprint density at radius 3 is 2.78 bits per heavy atom. The number of anilines is 2. The first kappa shape index (κ1) is 15.1. The fraction of sp³-hybridized carbons (Fsp3) is 0.312. The number of nitrogens with one attached hydrogen (secondary N) is 2. The third-order valence-corrected chi connectivity index (χ3v) is 3.36. The van der Waals surface area contributed by atoms with Crippen LogP contribution in [0.5, 0.6) is 11.5 Å². The molecule has 23 heavy (non-hydrogen) atoms. The summed E-state index contributed by atoms with van der Waals surface area (Å²) in [5.74, 6) is 1.65. The third kappa shape index (κ3) is 3.68. The molecule has 2 aromatic rings. The number of nitrogens with zero attached hydrogens (tertiary/aromatic N) is 2. The van der Waals surface area contributed by atoms with Crippen molar-refractivity contribution in [2.45, 2.75) is 19.8 Å². The van der Waals surface area contributed by atoms with E-state index in [1.807, 2.05) is 18.2 Å². The minimum Gasteiger partial charge on any atom is -0.454 e. The van der Waals surface area contributed by atoms with Gasteiger partial charge >= 0.3 is 0 Å². The summed E-state index contributed by atoms with van der Waals surface area (Å²) in [5, 5.41) is 5.89. The molecule has 0 spiro atoms. The van der Waals surface area contributed by atoms with Gasteiger partial charge in [-0.05, 0) is 18.6 Å². The van der Waals surface area contributed by atoms with Crippen molar-refractivity contribution in [3.8, 4) is 11.5 Å². The highest BCUT2D eigenvalue weighted by atomic mass is 16.7. The topological polar surface area (TPSA) is 85.4 Å². The molecule has 1 aliphatic rings. The quantitative estimate of drug-likeness (QED) is 0.797. The van der Waals surface area contributed by atoms with E-state index < -0.39 is 0 Å². The number of hydrogen-bond acceptors (Lipinski definition) is 6. The van der Waals surface area contributed by atoms with E-state index in [4.69, 9.17) is 9.47 Å². The largest absolute Gasteiger partial charge is 0.454 e. The summed E-state index contributed by atoms with van der Waals surface area (Å²) in [4.78, 5) is 20.2. The van der Waals surface area contributed by atoms with Gasteiger partial charge in [-0.1, -0.05) is 13.3 Å². The Balaban J connectivity index is 1.62. The lowest BCUT2D eigenvalue weighted by Gasteiger charge is -2.07. The number of hydrogen-bond donors (Lipinski definition) is 2. The lowest BCUT2D eigenvalue weighted by atomic mass is 10.3. The van der Waals surface area contributed by atoms with Gasteiger partial charge in [-0.2, -0.15) is 0 Å². The number of unbranched alkanes of at least 4 members (excludes halogenated alkanes) is 1. The van der Waals surface area contributed by atoms with Crippen LogP contribution < -0.4 is 20.1 Å². The van der Waals surface area contributed by atoms with E-state index >= 15 is 0 Å². The minimum absolute atomic E-state index is 0.159. The Labute approximate surface area is 134 Å². The van der Waals surface area contributed by atoms with Crippen molar-refractivity contribution < 1.29 is 14.3 Å². The normalized spacial score (nSPS) is 12.0. The second-order valence-electron chi connectivity index (χ2n) is 5.10. The first-order valence-electron chi connectivity index (χ1n) is 7.53. The van der Waals surface area contributed by atoms with Crippen LogP contribution in [0.1, 0.15) is 30.1 Å². The lowest BCUT2D eigenvalue weighted by molar-refractivity contribution is 0.0952. The number of aromatic nitrogens is 2. The average Bonchev–Trinajstić information content (AvgIpc) is 3.03.